The number of carbonyl (C=O) groups excluding carboxylic acids is 1. The largest absolute Gasteiger partial charge is 0.473 e. The van der Waals surface area contributed by atoms with Crippen LogP contribution in [0.15, 0.2) is 29.3 Å². The maximum atomic E-state index is 13.0. The minimum absolute atomic E-state index is 0. The summed E-state index contributed by atoms with van der Waals surface area (Å²) < 4.78 is 18.4. The molecule has 0 radical (unpaired) electrons. The summed E-state index contributed by atoms with van der Waals surface area (Å²) in [6, 6.07) is 5.49. The fourth-order valence-corrected chi connectivity index (χ4v) is 2.73. The van der Waals surface area contributed by atoms with Crippen LogP contribution in [0.4, 0.5) is 4.39 Å². The van der Waals surface area contributed by atoms with Gasteiger partial charge in [-0.25, -0.2) is 9.38 Å². The first-order valence-corrected chi connectivity index (χ1v) is 6.97. The molecule has 114 valence electrons. The highest BCUT2D eigenvalue weighted by Crippen LogP contribution is 2.29. The first-order chi connectivity index (χ1) is 9.75. The van der Waals surface area contributed by atoms with E-state index >= 15 is 0 Å². The Bertz CT molecular complexity index is 510. The van der Waals surface area contributed by atoms with Crippen molar-refractivity contribution < 1.29 is 13.9 Å². The molecule has 4 nitrogen and oxygen atoms in total. The van der Waals surface area contributed by atoms with Gasteiger partial charge in [-0.15, -0.1) is 0 Å². The van der Waals surface area contributed by atoms with Gasteiger partial charge in [0.2, 0.25) is 0 Å². The van der Waals surface area contributed by atoms with Crippen molar-refractivity contribution in [3.8, 4) is 0 Å². The van der Waals surface area contributed by atoms with Crippen LogP contribution in [0.5, 0.6) is 0 Å². The maximum absolute atomic E-state index is 13.0. The van der Waals surface area contributed by atoms with Gasteiger partial charge in [-0.2, -0.15) is 0 Å². The molecule has 5 heteroatoms. The standard InChI is InChI=1S/C15H17FN2O2.CH4/c16-12-6-4-11(5-7-12)14-13(17-10-20-14)15(19)18-8-2-1-3-9-18;/h4-7,10,13-14H,1-3,8-9H2;1H4/t13-,14+;/m0./s1. The summed E-state index contributed by atoms with van der Waals surface area (Å²) in [5.74, 6) is -0.292. The van der Waals surface area contributed by atoms with Gasteiger partial charge in [0.15, 0.2) is 18.5 Å². The predicted molar refractivity (Wildman–Crippen MR) is 79.7 cm³/mol. The van der Waals surface area contributed by atoms with Gasteiger partial charge in [0.25, 0.3) is 5.91 Å². The molecular weight excluding hydrogens is 271 g/mol. The maximum Gasteiger partial charge on any atom is 0.251 e. The second kappa shape index (κ2) is 6.70. The van der Waals surface area contributed by atoms with E-state index in [0.29, 0.717) is 0 Å². The second-order valence-electron chi connectivity index (χ2n) is 5.19. The number of halogens is 1. The van der Waals surface area contributed by atoms with Gasteiger partial charge >= 0.3 is 0 Å². The SMILES string of the molecule is C.O=C([C@H]1N=CO[C@@H]1c1ccc(F)cc1)N1CCCCC1. The summed E-state index contributed by atoms with van der Waals surface area (Å²) in [6.07, 6.45) is 4.16. The number of aliphatic imine (C=N–C) groups is 1. The predicted octanol–water partition coefficient (Wildman–Crippen LogP) is 2.94. The quantitative estimate of drug-likeness (QED) is 0.841. The van der Waals surface area contributed by atoms with Crippen LogP contribution in [0.2, 0.25) is 0 Å². The second-order valence-corrected chi connectivity index (χ2v) is 5.19. The van der Waals surface area contributed by atoms with Crippen molar-refractivity contribution in [3.05, 3.63) is 35.6 Å². The van der Waals surface area contributed by atoms with Gasteiger partial charge < -0.3 is 9.64 Å². The van der Waals surface area contributed by atoms with Crippen molar-refractivity contribution in [2.24, 2.45) is 4.99 Å². The Labute approximate surface area is 124 Å². The summed E-state index contributed by atoms with van der Waals surface area (Å²) in [5, 5.41) is 0. The number of hydrogen-bond acceptors (Lipinski definition) is 3. The molecule has 1 amide bonds. The average Bonchev–Trinajstić information content (AvgIpc) is 2.97. The monoisotopic (exact) mass is 292 g/mol. The molecule has 1 saturated heterocycles. The number of benzene rings is 1. The number of likely N-dealkylation sites (tertiary alicyclic amines) is 1. The van der Waals surface area contributed by atoms with Gasteiger partial charge in [0.1, 0.15) is 5.82 Å². The van der Waals surface area contributed by atoms with Crippen molar-refractivity contribution in [1.82, 2.24) is 4.90 Å². The van der Waals surface area contributed by atoms with E-state index in [1.807, 2.05) is 4.90 Å². The molecule has 0 bridgehead atoms. The molecular formula is C16H21FN2O2. The van der Waals surface area contributed by atoms with Gasteiger partial charge in [0.05, 0.1) is 0 Å². The van der Waals surface area contributed by atoms with Crippen LogP contribution < -0.4 is 0 Å². The molecule has 3 rings (SSSR count). The van der Waals surface area contributed by atoms with E-state index in [1.165, 1.54) is 25.0 Å². The van der Waals surface area contributed by atoms with Crippen LogP contribution in [0, 0.1) is 5.82 Å². The molecule has 1 fully saturated rings. The number of ether oxygens (including phenoxy) is 1. The highest BCUT2D eigenvalue weighted by molar-refractivity contribution is 5.85. The summed E-state index contributed by atoms with van der Waals surface area (Å²) >= 11 is 0. The van der Waals surface area contributed by atoms with Crippen LogP contribution in [0.1, 0.15) is 38.4 Å². The van der Waals surface area contributed by atoms with Gasteiger partial charge in [-0.05, 0) is 37.0 Å². The Kier molecular flexibility index (Phi) is 4.94. The van der Waals surface area contributed by atoms with Gasteiger partial charge in [-0.1, -0.05) is 19.6 Å². The number of carbonyl (C=O) groups is 1. The molecule has 0 saturated carbocycles. The van der Waals surface area contributed by atoms with E-state index in [-0.39, 0.29) is 19.2 Å². The zero-order valence-corrected chi connectivity index (χ0v) is 11.2. The van der Waals surface area contributed by atoms with Crippen LogP contribution in [-0.4, -0.2) is 36.3 Å². The number of rotatable bonds is 2. The zero-order valence-electron chi connectivity index (χ0n) is 11.2. The van der Waals surface area contributed by atoms with Crippen LogP contribution >= 0.6 is 0 Å². The Morgan fingerprint density at radius 1 is 1.19 bits per heavy atom. The molecule has 21 heavy (non-hydrogen) atoms. The van der Waals surface area contributed by atoms with Crippen molar-refractivity contribution in [2.45, 2.75) is 38.8 Å². The lowest BCUT2D eigenvalue weighted by atomic mass is 10.0. The number of piperidine rings is 1. The van der Waals surface area contributed by atoms with Crippen molar-refractivity contribution in [1.29, 1.82) is 0 Å². The third-order valence-electron chi connectivity index (χ3n) is 3.83. The highest BCUT2D eigenvalue weighted by Gasteiger charge is 2.36. The summed E-state index contributed by atoms with van der Waals surface area (Å²) in [4.78, 5) is 18.5. The smallest absolute Gasteiger partial charge is 0.251 e. The van der Waals surface area contributed by atoms with Crippen LogP contribution in [0.25, 0.3) is 0 Å². The molecule has 1 aromatic carbocycles. The first-order valence-electron chi connectivity index (χ1n) is 6.97. The molecule has 1 aromatic rings. The number of hydrogen-bond donors (Lipinski definition) is 0. The summed E-state index contributed by atoms with van der Waals surface area (Å²) in [5.41, 5.74) is 0.777. The van der Waals surface area contributed by atoms with E-state index in [2.05, 4.69) is 4.99 Å². The zero-order chi connectivity index (χ0) is 13.9. The topological polar surface area (TPSA) is 41.9 Å². The Balaban J connectivity index is 0.00000161. The molecule has 2 aliphatic heterocycles. The lowest BCUT2D eigenvalue weighted by Crippen LogP contribution is -2.42. The van der Waals surface area contributed by atoms with Crippen molar-refractivity contribution in [2.75, 3.05) is 13.1 Å². The van der Waals surface area contributed by atoms with Gasteiger partial charge in [-0.3, -0.25) is 4.79 Å². The average molecular weight is 292 g/mol. The van der Waals surface area contributed by atoms with Gasteiger partial charge in [0, 0.05) is 13.1 Å². The molecule has 0 aromatic heterocycles. The van der Waals surface area contributed by atoms with Crippen molar-refractivity contribution in [3.63, 3.8) is 0 Å². The third-order valence-corrected chi connectivity index (χ3v) is 3.83. The number of amides is 1. The lowest BCUT2D eigenvalue weighted by molar-refractivity contribution is -0.135. The van der Waals surface area contributed by atoms with E-state index in [1.54, 1.807) is 12.1 Å². The third kappa shape index (κ3) is 3.23. The van der Waals surface area contributed by atoms with Crippen LogP contribution in [0.3, 0.4) is 0 Å². The molecule has 2 aliphatic rings. The fourth-order valence-electron chi connectivity index (χ4n) is 2.73. The highest BCUT2D eigenvalue weighted by atomic mass is 19.1. The van der Waals surface area contributed by atoms with E-state index in [9.17, 15) is 9.18 Å². The van der Waals surface area contributed by atoms with Crippen molar-refractivity contribution >= 4 is 12.3 Å². The molecule has 0 spiro atoms. The Hall–Kier alpha value is -1.91. The molecule has 0 N–H and O–H groups in total. The van der Waals surface area contributed by atoms with E-state index in [4.69, 9.17) is 4.74 Å². The van der Waals surface area contributed by atoms with E-state index in [0.717, 1.165) is 31.5 Å². The normalized spacial score (nSPS) is 24.3. The molecule has 2 atom stereocenters. The number of nitrogens with zero attached hydrogens (tertiary/aromatic N) is 2. The van der Waals surface area contributed by atoms with E-state index < -0.39 is 12.1 Å². The summed E-state index contributed by atoms with van der Waals surface area (Å²) in [6.45, 7) is 1.59. The molecule has 0 unspecified atom stereocenters. The Morgan fingerprint density at radius 2 is 1.86 bits per heavy atom. The first kappa shape index (κ1) is 15.5. The minimum atomic E-state index is -0.543. The Morgan fingerprint density at radius 3 is 2.52 bits per heavy atom. The van der Waals surface area contributed by atoms with Crippen LogP contribution in [-0.2, 0) is 9.53 Å². The molecule has 0 aliphatic carbocycles. The summed E-state index contributed by atoms with van der Waals surface area (Å²) in [7, 11) is 0. The lowest BCUT2D eigenvalue weighted by Gasteiger charge is -2.29. The fraction of sp³-hybridized carbons (Fsp3) is 0.500. The minimum Gasteiger partial charge on any atom is -0.473 e. The molecule has 2 heterocycles.